The van der Waals surface area contributed by atoms with Crippen LogP contribution < -0.4 is 5.32 Å². The lowest BCUT2D eigenvalue weighted by molar-refractivity contribution is -0.116. The number of imidazole rings is 1. The van der Waals surface area contributed by atoms with Crippen molar-refractivity contribution >= 4 is 44.3 Å². The van der Waals surface area contributed by atoms with Gasteiger partial charge >= 0.3 is 0 Å². The first-order valence-electron chi connectivity index (χ1n) is 10.4. The van der Waals surface area contributed by atoms with Gasteiger partial charge in [-0.25, -0.2) is 13.4 Å². The maximum Gasteiger partial charge on any atom is 0.243 e. The molecule has 8 nitrogen and oxygen atoms in total. The number of aromatic nitrogens is 2. The molecule has 2 heterocycles. The Bertz CT molecular complexity index is 1270. The summed E-state index contributed by atoms with van der Waals surface area (Å²) in [7, 11) is -1.73. The molecule has 1 fully saturated rings. The van der Waals surface area contributed by atoms with E-state index in [9.17, 15) is 13.2 Å². The number of nitrogens with one attached hydrogen (secondary N) is 1. The van der Waals surface area contributed by atoms with Crippen LogP contribution in [-0.2, 0) is 33.0 Å². The second kappa shape index (κ2) is 9.19. The van der Waals surface area contributed by atoms with Crippen LogP contribution in [0.25, 0.3) is 11.0 Å². The van der Waals surface area contributed by atoms with Gasteiger partial charge in [-0.3, -0.25) is 4.79 Å². The van der Waals surface area contributed by atoms with Crippen molar-refractivity contribution in [2.24, 2.45) is 7.05 Å². The van der Waals surface area contributed by atoms with E-state index in [0.717, 1.165) is 11.1 Å². The third kappa shape index (κ3) is 4.52. The zero-order chi connectivity index (χ0) is 22.9. The average Bonchev–Trinajstić information content (AvgIpc) is 3.11. The molecule has 2 aromatic carbocycles. The molecule has 0 radical (unpaired) electrons. The Morgan fingerprint density at radius 1 is 1.22 bits per heavy atom. The number of aryl methyl sites for hydroxylation is 2. The first-order valence-corrected chi connectivity index (χ1v) is 12.2. The molecule has 0 bridgehead atoms. The maximum absolute atomic E-state index is 12.9. The summed E-state index contributed by atoms with van der Waals surface area (Å²) in [4.78, 5) is 17.3. The predicted molar refractivity (Wildman–Crippen MR) is 123 cm³/mol. The fourth-order valence-electron chi connectivity index (χ4n) is 3.73. The molecule has 1 aliphatic rings. The van der Waals surface area contributed by atoms with Crippen LogP contribution in [0.4, 0.5) is 5.69 Å². The number of rotatable bonds is 6. The number of carbonyl (C=O) groups excluding carboxylic acids is 1. The average molecular weight is 477 g/mol. The number of morpholine rings is 1. The molecule has 0 atom stereocenters. The van der Waals surface area contributed by atoms with Crippen molar-refractivity contribution in [3.8, 4) is 0 Å². The van der Waals surface area contributed by atoms with E-state index in [-0.39, 0.29) is 17.2 Å². The standard InChI is InChI=1S/C22H25ClN4O4S/c1-15-17(23)4-3-5-18(15)25-22(28)9-8-21-24-19-14-16(6-7-20(19)26(21)2)32(29,30)27-10-12-31-13-11-27/h3-7,14H,8-13H2,1-2H3,(H,25,28). The Morgan fingerprint density at radius 3 is 2.72 bits per heavy atom. The molecule has 3 aromatic rings. The van der Waals surface area contributed by atoms with Gasteiger partial charge in [0.15, 0.2) is 0 Å². The molecule has 32 heavy (non-hydrogen) atoms. The van der Waals surface area contributed by atoms with Crippen LogP contribution in [0.1, 0.15) is 17.8 Å². The number of ether oxygens (including phenoxy) is 1. The number of nitrogens with zero attached hydrogens (tertiary/aromatic N) is 3. The van der Waals surface area contributed by atoms with Crippen LogP contribution >= 0.6 is 11.6 Å². The zero-order valence-corrected chi connectivity index (χ0v) is 19.5. The summed E-state index contributed by atoms with van der Waals surface area (Å²) in [5, 5.41) is 3.48. The van der Waals surface area contributed by atoms with Crippen LogP contribution in [0.15, 0.2) is 41.3 Å². The minimum Gasteiger partial charge on any atom is -0.379 e. The number of anilines is 1. The SMILES string of the molecule is Cc1c(Cl)cccc1NC(=O)CCc1nc2cc(S(=O)(=O)N3CCOCC3)ccc2n1C. The van der Waals surface area contributed by atoms with Gasteiger partial charge in [0, 0.05) is 43.7 Å². The molecule has 1 aliphatic heterocycles. The zero-order valence-electron chi connectivity index (χ0n) is 18.0. The first-order chi connectivity index (χ1) is 15.3. The van der Waals surface area contributed by atoms with Crippen LogP contribution in [0, 0.1) is 6.92 Å². The van der Waals surface area contributed by atoms with Crippen molar-refractivity contribution in [1.29, 1.82) is 0 Å². The van der Waals surface area contributed by atoms with Gasteiger partial charge in [0.2, 0.25) is 15.9 Å². The molecule has 1 amide bonds. The van der Waals surface area contributed by atoms with Gasteiger partial charge in [0.1, 0.15) is 5.82 Å². The van der Waals surface area contributed by atoms with E-state index in [4.69, 9.17) is 16.3 Å². The number of amides is 1. The van der Waals surface area contributed by atoms with E-state index >= 15 is 0 Å². The molecule has 1 saturated heterocycles. The number of sulfonamides is 1. The summed E-state index contributed by atoms with van der Waals surface area (Å²) >= 11 is 6.11. The lowest BCUT2D eigenvalue weighted by Gasteiger charge is -2.26. The highest BCUT2D eigenvalue weighted by Crippen LogP contribution is 2.25. The summed E-state index contributed by atoms with van der Waals surface area (Å²) in [6.45, 7) is 3.33. The van der Waals surface area contributed by atoms with Gasteiger partial charge in [-0.1, -0.05) is 17.7 Å². The smallest absolute Gasteiger partial charge is 0.243 e. The molecule has 10 heteroatoms. The topological polar surface area (TPSA) is 93.5 Å². The van der Waals surface area contributed by atoms with E-state index in [2.05, 4.69) is 10.3 Å². The molecule has 0 spiro atoms. The second-order valence-electron chi connectivity index (χ2n) is 7.71. The van der Waals surface area contributed by atoms with Gasteiger partial charge in [-0.2, -0.15) is 4.31 Å². The molecule has 4 rings (SSSR count). The summed E-state index contributed by atoms with van der Waals surface area (Å²) in [6, 6.07) is 10.3. The minimum atomic E-state index is -3.60. The maximum atomic E-state index is 12.9. The van der Waals surface area contributed by atoms with Crippen molar-refractivity contribution in [1.82, 2.24) is 13.9 Å². The first kappa shape index (κ1) is 22.7. The number of halogens is 1. The largest absolute Gasteiger partial charge is 0.379 e. The lowest BCUT2D eigenvalue weighted by atomic mass is 10.2. The van der Waals surface area contributed by atoms with Gasteiger partial charge in [0.25, 0.3) is 0 Å². The number of hydrogen-bond donors (Lipinski definition) is 1. The molecule has 0 saturated carbocycles. The van der Waals surface area contributed by atoms with Crippen LogP contribution in [0.2, 0.25) is 5.02 Å². The highest BCUT2D eigenvalue weighted by Gasteiger charge is 2.27. The summed E-state index contributed by atoms with van der Waals surface area (Å²) in [6.07, 6.45) is 0.657. The predicted octanol–water partition coefficient (Wildman–Crippen LogP) is 3.13. The number of fused-ring (bicyclic) bond motifs is 1. The highest BCUT2D eigenvalue weighted by molar-refractivity contribution is 7.89. The Kier molecular flexibility index (Phi) is 6.52. The molecule has 0 unspecified atom stereocenters. The fraction of sp³-hybridized carbons (Fsp3) is 0.364. The third-order valence-electron chi connectivity index (χ3n) is 5.67. The summed E-state index contributed by atoms with van der Waals surface area (Å²) < 4.78 is 34.4. The second-order valence-corrected chi connectivity index (χ2v) is 10.1. The van der Waals surface area contributed by atoms with Crippen molar-refractivity contribution < 1.29 is 17.9 Å². The van der Waals surface area contributed by atoms with Gasteiger partial charge in [0.05, 0.1) is 29.1 Å². The summed E-state index contributed by atoms with van der Waals surface area (Å²) in [5.41, 5.74) is 2.90. The Balaban J connectivity index is 1.49. The van der Waals surface area contributed by atoms with Crippen molar-refractivity contribution in [2.75, 3.05) is 31.6 Å². The highest BCUT2D eigenvalue weighted by atomic mass is 35.5. The summed E-state index contributed by atoms with van der Waals surface area (Å²) in [5.74, 6) is 0.567. The Labute approximate surface area is 192 Å². The number of hydrogen-bond acceptors (Lipinski definition) is 5. The number of benzene rings is 2. The lowest BCUT2D eigenvalue weighted by Crippen LogP contribution is -2.40. The molecular weight excluding hydrogens is 452 g/mol. The molecular formula is C22H25ClN4O4S. The van der Waals surface area contributed by atoms with Gasteiger partial charge in [-0.15, -0.1) is 0 Å². The Hall–Kier alpha value is -2.46. The molecule has 170 valence electrons. The van der Waals surface area contributed by atoms with Crippen LogP contribution in [-0.4, -0.2) is 54.5 Å². The van der Waals surface area contributed by atoms with Crippen LogP contribution in [0.5, 0.6) is 0 Å². The normalized spacial score (nSPS) is 15.2. The van der Waals surface area contributed by atoms with E-state index < -0.39 is 10.0 Å². The fourth-order valence-corrected chi connectivity index (χ4v) is 5.33. The van der Waals surface area contributed by atoms with E-state index in [1.54, 1.807) is 30.3 Å². The molecule has 1 N–H and O–H groups in total. The Morgan fingerprint density at radius 2 is 1.97 bits per heavy atom. The van der Waals surface area contributed by atoms with Crippen molar-refractivity contribution in [3.63, 3.8) is 0 Å². The number of carbonyl (C=O) groups is 1. The van der Waals surface area contributed by atoms with E-state index in [0.29, 0.717) is 54.8 Å². The minimum absolute atomic E-state index is 0.141. The third-order valence-corrected chi connectivity index (χ3v) is 7.97. The van der Waals surface area contributed by atoms with Crippen molar-refractivity contribution in [2.45, 2.75) is 24.7 Å². The molecule has 0 aliphatic carbocycles. The molecule has 1 aromatic heterocycles. The monoisotopic (exact) mass is 476 g/mol. The van der Waals surface area contributed by atoms with Gasteiger partial charge in [-0.05, 0) is 42.8 Å². The van der Waals surface area contributed by atoms with Gasteiger partial charge < -0.3 is 14.6 Å². The van der Waals surface area contributed by atoms with Crippen LogP contribution in [0.3, 0.4) is 0 Å². The van der Waals surface area contributed by atoms with E-state index in [1.165, 1.54) is 4.31 Å². The quantitative estimate of drug-likeness (QED) is 0.590. The van der Waals surface area contributed by atoms with Crippen molar-refractivity contribution in [3.05, 3.63) is 52.8 Å². The van der Waals surface area contributed by atoms with E-state index in [1.807, 2.05) is 24.6 Å².